The highest BCUT2D eigenvalue weighted by Gasteiger charge is 2.07. The van der Waals surface area contributed by atoms with Crippen molar-refractivity contribution in [3.05, 3.63) is 68.4 Å². The topological polar surface area (TPSA) is 81.8 Å². The summed E-state index contributed by atoms with van der Waals surface area (Å²) >= 11 is 1.56. The Morgan fingerprint density at radius 1 is 1.27 bits per heavy atom. The Hall–Kier alpha value is -3.00. The molecule has 3 rings (SSSR count). The van der Waals surface area contributed by atoms with Gasteiger partial charge in [-0.3, -0.25) is 9.59 Å². The van der Waals surface area contributed by atoms with E-state index in [1.165, 1.54) is 16.8 Å². The molecule has 8 heteroatoms. The molecule has 0 aliphatic carbocycles. The largest absolute Gasteiger partial charge is 0.351 e. The van der Waals surface area contributed by atoms with Crippen molar-refractivity contribution in [1.29, 1.82) is 0 Å². The number of carbonyl (C=O) groups excluding carboxylic acids is 1. The average Bonchev–Trinajstić information content (AvgIpc) is 3.24. The number of thiophene rings is 1. The average molecular weight is 369 g/mol. The van der Waals surface area contributed by atoms with Crippen LogP contribution < -0.4 is 10.9 Å². The molecule has 134 valence electrons. The van der Waals surface area contributed by atoms with Gasteiger partial charge in [0.2, 0.25) is 5.91 Å². The summed E-state index contributed by atoms with van der Waals surface area (Å²) < 4.78 is 3.02. The van der Waals surface area contributed by atoms with Crippen LogP contribution >= 0.6 is 11.3 Å². The van der Waals surface area contributed by atoms with Crippen LogP contribution in [0.25, 0.3) is 11.9 Å². The fourth-order valence-electron chi connectivity index (χ4n) is 2.46. The van der Waals surface area contributed by atoms with Crippen LogP contribution in [0.1, 0.15) is 16.3 Å². The van der Waals surface area contributed by atoms with Crippen LogP contribution in [0.2, 0.25) is 0 Å². The van der Waals surface area contributed by atoms with Crippen molar-refractivity contribution >= 4 is 23.3 Å². The fraction of sp³-hybridized carbons (Fsp3) is 0.222. The fourth-order valence-corrected chi connectivity index (χ4v) is 3.08. The number of hydrogen-bond acceptors (Lipinski definition) is 5. The lowest BCUT2D eigenvalue weighted by Crippen LogP contribution is -2.31. The summed E-state index contributed by atoms with van der Waals surface area (Å²) in [5.41, 5.74) is 1.60. The van der Waals surface area contributed by atoms with E-state index in [0.29, 0.717) is 12.4 Å². The normalized spacial score (nSPS) is 11.2. The van der Waals surface area contributed by atoms with Crippen LogP contribution in [-0.2, 0) is 11.3 Å². The van der Waals surface area contributed by atoms with E-state index >= 15 is 0 Å². The molecule has 0 radical (unpaired) electrons. The highest BCUT2D eigenvalue weighted by molar-refractivity contribution is 7.10. The summed E-state index contributed by atoms with van der Waals surface area (Å²) in [4.78, 5) is 24.8. The maximum atomic E-state index is 12.0. The minimum atomic E-state index is -0.223. The third-order valence-electron chi connectivity index (χ3n) is 3.64. The second-order valence-corrected chi connectivity index (χ2v) is 6.71. The monoisotopic (exact) mass is 369 g/mol. The maximum absolute atomic E-state index is 12.0. The molecule has 1 N–H and O–H groups in total. The summed E-state index contributed by atoms with van der Waals surface area (Å²) in [5.74, 6) is 0.361. The molecule has 0 spiro atoms. The number of amides is 1. The van der Waals surface area contributed by atoms with Crippen molar-refractivity contribution in [2.75, 3.05) is 6.54 Å². The molecule has 3 aromatic heterocycles. The van der Waals surface area contributed by atoms with Gasteiger partial charge in [-0.05, 0) is 43.5 Å². The number of carbonyl (C=O) groups is 1. The van der Waals surface area contributed by atoms with Crippen molar-refractivity contribution in [1.82, 2.24) is 24.9 Å². The predicted molar refractivity (Wildman–Crippen MR) is 101 cm³/mol. The first-order valence-electron chi connectivity index (χ1n) is 8.14. The zero-order valence-corrected chi connectivity index (χ0v) is 15.4. The van der Waals surface area contributed by atoms with Gasteiger partial charge in [0.25, 0.3) is 5.56 Å². The van der Waals surface area contributed by atoms with Crippen molar-refractivity contribution in [3.8, 4) is 5.82 Å². The zero-order chi connectivity index (χ0) is 18.5. The third kappa shape index (κ3) is 4.34. The number of hydrogen-bond donors (Lipinski definition) is 1. The molecule has 0 aromatic carbocycles. The van der Waals surface area contributed by atoms with E-state index in [1.807, 2.05) is 37.4 Å². The molecule has 26 heavy (non-hydrogen) atoms. The molecule has 0 aliphatic heterocycles. The molecule has 3 aromatic rings. The number of rotatable bonds is 6. The van der Waals surface area contributed by atoms with Gasteiger partial charge < -0.3 is 5.32 Å². The first-order valence-corrected chi connectivity index (χ1v) is 9.02. The van der Waals surface area contributed by atoms with Gasteiger partial charge in [-0.2, -0.15) is 5.10 Å². The second-order valence-electron chi connectivity index (χ2n) is 5.73. The lowest BCUT2D eigenvalue weighted by atomic mass is 10.4. The van der Waals surface area contributed by atoms with E-state index in [-0.39, 0.29) is 18.0 Å². The third-order valence-corrected chi connectivity index (χ3v) is 4.48. The summed E-state index contributed by atoms with van der Waals surface area (Å²) in [5, 5.41) is 13.4. The highest BCUT2D eigenvalue weighted by atomic mass is 32.1. The van der Waals surface area contributed by atoms with Gasteiger partial charge in [-0.15, -0.1) is 16.4 Å². The summed E-state index contributed by atoms with van der Waals surface area (Å²) in [6.45, 7) is 4.42. The minimum absolute atomic E-state index is 0.207. The first-order chi connectivity index (χ1) is 12.5. The van der Waals surface area contributed by atoms with Gasteiger partial charge in [-0.25, -0.2) is 9.36 Å². The van der Waals surface area contributed by atoms with E-state index in [2.05, 4.69) is 15.5 Å². The molecular weight excluding hydrogens is 350 g/mol. The maximum Gasteiger partial charge on any atom is 0.266 e. The number of nitrogens with one attached hydrogen (secondary N) is 1. The first kappa shape index (κ1) is 17.8. The van der Waals surface area contributed by atoms with E-state index in [0.717, 1.165) is 16.3 Å². The Morgan fingerprint density at radius 2 is 2.12 bits per heavy atom. The highest BCUT2D eigenvalue weighted by Crippen LogP contribution is 2.10. The SMILES string of the molecule is Cc1cc(C)n(-c2ccc(=O)n(CCNC(=O)/C=C/c3cccs3)n2)n1. The van der Waals surface area contributed by atoms with Crippen LogP contribution in [0.3, 0.4) is 0 Å². The molecule has 0 fully saturated rings. The van der Waals surface area contributed by atoms with E-state index in [9.17, 15) is 9.59 Å². The second kappa shape index (κ2) is 7.92. The Kier molecular flexibility index (Phi) is 5.43. The molecule has 0 unspecified atom stereocenters. The van der Waals surface area contributed by atoms with Gasteiger partial charge >= 0.3 is 0 Å². The Balaban J connectivity index is 1.63. The number of aromatic nitrogens is 4. The Morgan fingerprint density at radius 3 is 2.81 bits per heavy atom. The van der Waals surface area contributed by atoms with Crippen LogP contribution in [0.4, 0.5) is 0 Å². The van der Waals surface area contributed by atoms with Gasteiger partial charge in [0.1, 0.15) is 0 Å². The van der Waals surface area contributed by atoms with Gasteiger partial charge in [0, 0.05) is 29.3 Å². The van der Waals surface area contributed by atoms with Crippen molar-refractivity contribution in [3.63, 3.8) is 0 Å². The molecular formula is C18H19N5O2S. The van der Waals surface area contributed by atoms with E-state index in [1.54, 1.807) is 28.2 Å². The van der Waals surface area contributed by atoms with Gasteiger partial charge in [0.15, 0.2) is 5.82 Å². The molecule has 3 heterocycles. The van der Waals surface area contributed by atoms with Crippen LogP contribution in [-0.4, -0.2) is 32.0 Å². The Labute approximate surface area is 154 Å². The van der Waals surface area contributed by atoms with Gasteiger partial charge in [-0.1, -0.05) is 6.07 Å². The Bertz CT molecular complexity index is 985. The minimum Gasteiger partial charge on any atom is -0.351 e. The lowest BCUT2D eigenvalue weighted by Gasteiger charge is -2.08. The lowest BCUT2D eigenvalue weighted by molar-refractivity contribution is -0.116. The van der Waals surface area contributed by atoms with Crippen LogP contribution in [0.5, 0.6) is 0 Å². The van der Waals surface area contributed by atoms with Crippen LogP contribution in [0, 0.1) is 13.8 Å². The standard InChI is InChI=1S/C18H19N5O2S/c1-13-12-14(2)23(20-13)16-6-8-18(25)22(21-16)10-9-19-17(24)7-5-15-4-3-11-26-15/h3-8,11-12H,9-10H2,1-2H3,(H,19,24)/b7-5+. The summed E-state index contributed by atoms with van der Waals surface area (Å²) in [6, 6.07) is 8.90. The quantitative estimate of drug-likeness (QED) is 0.673. The molecule has 0 saturated carbocycles. The molecule has 0 aliphatic rings. The van der Waals surface area contributed by atoms with E-state index < -0.39 is 0 Å². The molecule has 0 atom stereocenters. The zero-order valence-electron chi connectivity index (χ0n) is 14.5. The molecule has 0 bridgehead atoms. The number of aryl methyl sites for hydroxylation is 2. The predicted octanol–water partition coefficient (Wildman–Crippen LogP) is 1.94. The van der Waals surface area contributed by atoms with Crippen LogP contribution in [0.15, 0.2) is 46.6 Å². The summed E-state index contributed by atoms with van der Waals surface area (Å²) in [7, 11) is 0. The molecule has 0 saturated heterocycles. The van der Waals surface area contributed by atoms with Crippen molar-refractivity contribution in [2.45, 2.75) is 20.4 Å². The molecule has 7 nitrogen and oxygen atoms in total. The number of nitrogens with zero attached hydrogens (tertiary/aromatic N) is 4. The van der Waals surface area contributed by atoms with Gasteiger partial charge in [0.05, 0.1) is 12.2 Å². The van der Waals surface area contributed by atoms with Crippen molar-refractivity contribution in [2.24, 2.45) is 0 Å². The smallest absolute Gasteiger partial charge is 0.266 e. The molecule has 1 amide bonds. The summed E-state index contributed by atoms with van der Waals surface area (Å²) in [6.07, 6.45) is 3.24. The van der Waals surface area contributed by atoms with E-state index in [4.69, 9.17) is 0 Å². The van der Waals surface area contributed by atoms with Crippen molar-refractivity contribution < 1.29 is 4.79 Å².